The summed E-state index contributed by atoms with van der Waals surface area (Å²) in [5.41, 5.74) is 1.97. The van der Waals surface area contributed by atoms with Crippen molar-refractivity contribution in [2.45, 2.75) is 33.1 Å². The standard InChI is InChI=1S/C18H22ClN3O3/c1-3-14-16(22-11-13(19)7-8-15(22)20-14)17(23)21-9-5-6-12(10-21)18(24)25-4-2/h7-8,11-12H,3-6,9-10H2,1-2H3. The molecule has 1 amide bonds. The highest BCUT2D eigenvalue weighted by molar-refractivity contribution is 6.30. The molecule has 0 radical (unpaired) electrons. The second kappa shape index (κ2) is 7.44. The van der Waals surface area contributed by atoms with Crippen molar-refractivity contribution in [3.63, 3.8) is 0 Å². The SMILES string of the molecule is CCOC(=O)C1CCCN(C(=O)c2c(CC)nc3ccc(Cl)cn23)C1. The van der Waals surface area contributed by atoms with Crippen molar-refractivity contribution < 1.29 is 14.3 Å². The van der Waals surface area contributed by atoms with Crippen LogP contribution in [0.25, 0.3) is 5.65 Å². The molecule has 3 rings (SSSR count). The number of nitrogens with zero attached hydrogens (tertiary/aromatic N) is 3. The Kier molecular flexibility index (Phi) is 5.27. The zero-order valence-corrected chi connectivity index (χ0v) is 15.3. The van der Waals surface area contributed by atoms with Gasteiger partial charge in [-0.1, -0.05) is 18.5 Å². The van der Waals surface area contributed by atoms with Crippen LogP contribution in [0.15, 0.2) is 18.3 Å². The van der Waals surface area contributed by atoms with Gasteiger partial charge in [-0.3, -0.25) is 14.0 Å². The summed E-state index contributed by atoms with van der Waals surface area (Å²) in [7, 11) is 0. The van der Waals surface area contributed by atoms with Crippen molar-refractivity contribution in [1.82, 2.24) is 14.3 Å². The Bertz CT molecular complexity index is 802. The molecule has 134 valence electrons. The van der Waals surface area contributed by atoms with Crippen LogP contribution in [-0.4, -0.2) is 45.9 Å². The van der Waals surface area contributed by atoms with E-state index in [2.05, 4.69) is 4.98 Å². The third kappa shape index (κ3) is 3.49. The number of esters is 1. The van der Waals surface area contributed by atoms with Crippen molar-refractivity contribution in [1.29, 1.82) is 0 Å². The molecular formula is C18H22ClN3O3. The number of hydrogen-bond acceptors (Lipinski definition) is 4. The summed E-state index contributed by atoms with van der Waals surface area (Å²) in [5.74, 6) is -0.594. The van der Waals surface area contributed by atoms with E-state index in [9.17, 15) is 9.59 Å². The normalized spacial score (nSPS) is 17.7. The maximum Gasteiger partial charge on any atom is 0.310 e. The van der Waals surface area contributed by atoms with Crippen molar-refractivity contribution in [2.75, 3.05) is 19.7 Å². The lowest BCUT2D eigenvalue weighted by molar-refractivity contribution is -0.149. The Morgan fingerprint density at radius 1 is 1.36 bits per heavy atom. The molecule has 0 aromatic carbocycles. The molecule has 1 saturated heterocycles. The van der Waals surface area contributed by atoms with Crippen molar-refractivity contribution in [3.05, 3.63) is 34.7 Å². The van der Waals surface area contributed by atoms with Gasteiger partial charge in [0, 0.05) is 19.3 Å². The first-order valence-corrected chi connectivity index (χ1v) is 9.05. The monoisotopic (exact) mass is 363 g/mol. The number of hydrogen-bond donors (Lipinski definition) is 0. The molecule has 1 unspecified atom stereocenters. The van der Waals surface area contributed by atoms with Crippen molar-refractivity contribution in [3.8, 4) is 0 Å². The second-order valence-electron chi connectivity index (χ2n) is 6.18. The molecule has 1 aliphatic heterocycles. The number of rotatable bonds is 4. The van der Waals surface area contributed by atoms with E-state index in [1.807, 2.05) is 6.92 Å². The van der Waals surface area contributed by atoms with Crippen LogP contribution in [0.3, 0.4) is 0 Å². The molecule has 6 nitrogen and oxygen atoms in total. The Morgan fingerprint density at radius 2 is 2.16 bits per heavy atom. The fraction of sp³-hybridized carbons (Fsp3) is 0.500. The lowest BCUT2D eigenvalue weighted by Crippen LogP contribution is -2.43. The van der Waals surface area contributed by atoms with E-state index in [0.29, 0.717) is 42.5 Å². The van der Waals surface area contributed by atoms with E-state index in [1.54, 1.807) is 34.6 Å². The minimum absolute atomic E-state index is 0.111. The molecule has 1 atom stereocenters. The molecule has 2 aromatic heterocycles. The van der Waals surface area contributed by atoms with Gasteiger partial charge in [0.1, 0.15) is 11.3 Å². The fourth-order valence-corrected chi connectivity index (χ4v) is 3.46. The van der Waals surface area contributed by atoms with Crippen LogP contribution in [-0.2, 0) is 16.0 Å². The van der Waals surface area contributed by atoms with E-state index < -0.39 is 0 Å². The Morgan fingerprint density at radius 3 is 2.88 bits per heavy atom. The predicted molar refractivity (Wildman–Crippen MR) is 94.8 cm³/mol. The number of aromatic nitrogens is 2. The van der Waals surface area contributed by atoms with Gasteiger partial charge < -0.3 is 9.64 Å². The number of carbonyl (C=O) groups excluding carboxylic acids is 2. The maximum absolute atomic E-state index is 13.2. The van der Waals surface area contributed by atoms with E-state index in [-0.39, 0.29) is 17.8 Å². The Labute approximate surface area is 151 Å². The van der Waals surface area contributed by atoms with Gasteiger partial charge in [0.05, 0.1) is 23.2 Å². The van der Waals surface area contributed by atoms with Gasteiger partial charge in [-0.05, 0) is 38.3 Å². The highest BCUT2D eigenvalue weighted by Crippen LogP contribution is 2.23. The van der Waals surface area contributed by atoms with Gasteiger partial charge in [0.25, 0.3) is 5.91 Å². The Balaban J connectivity index is 1.91. The third-order valence-electron chi connectivity index (χ3n) is 4.52. The van der Waals surface area contributed by atoms with Crippen LogP contribution < -0.4 is 0 Å². The number of likely N-dealkylation sites (tertiary alicyclic amines) is 1. The molecule has 1 fully saturated rings. The molecule has 3 heterocycles. The van der Waals surface area contributed by atoms with Gasteiger partial charge in [0.2, 0.25) is 0 Å². The Hall–Kier alpha value is -2.08. The van der Waals surface area contributed by atoms with Crippen LogP contribution in [0, 0.1) is 5.92 Å². The summed E-state index contributed by atoms with van der Waals surface area (Å²) in [6.07, 6.45) is 3.90. The molecule has 25 heavy (non-hydrogen) atoms. The average Bonchev–Trinajstić information content (AvgIpc) is 2.99. The van der Waals surface area contributed by atoms with Crippen LogP contribution in [0.4, 0.5) is 0 Å². The van der Waals surface area contributed by atoms with E-state index in [1.165, 1.54) is 0 Å². The summed E-state index contributed by atoms with van der Waals surface area (Å²) in [5, 5.41) is 0.546. The zero-order chi connectivity index (χ0) is 18.0. The molecule has 2 aromatic rings. The number of pyridine rings is 1. The molecule has 1 aliphatic rings. The van der Waals surface area contributed by atoms with Crippen LogP contribution in [0.2, 0.25) is 5.02 Å². The molecule has 0 spiro atoms. The summed E-state index contributed by atoms with van der Waals surface area (Å²) in [4.78, 5) is 31.5. The number of imidazole rings is 1. The first kappa shape index (κ1) is 17.7. The molecular weight excluding hydrogens is 342 g/mol. The third-order valence-corrected chi connectivity index (χ3v) is 4.74. The number of aryl methyl sites for hydroxylation is 1. The molecule has 7 heteroatoms. The van der Waals surface area contributed by atoms with Gasteiger partial charge >= 0.3 is 5.97 Å². The largest absolute Gasteiger partial charge is 0.466 e. The number of ether oxygens (including phenoxy) is 1. The highest BCUT2D eigenvalue weighted by Gasteiger charge is 2.32. The minimum Gasteiger partial charge on any atom is -0.466 e. The van der Waals surface area contributed by atoms with Gasteiger partial charge in [-0.15, -0.1) is 0 Å². The van der Waals surface area contributed by atoms with Gasteiger partial charge in [-0.2, -0.15) is 0 Å². The van der Waals surface area contributed by atoms with Crippen LogP contribution in [0.5, 0.6) is 0 Å². The summed E-state index contributed by atoms with van der Waals surface area (Å²) in [6, 6.07) is 3.56. The molecule has 0 N–H and O–H groups in total. The maximum atomic E-state index is 13.2. The lowest BCUT2D eigenvalue weighted by Gasteiger charge is -2.31. The number of piperidine rings is 1. The van der Waals surface area contributed by atoms with Crippen LogP contribution in [0.1, 0.15) is 42.9 Å². The first-order valence-electron chi connectivity index (χ1n) is 8.67. The summed E-state index contributed by atoms with van der Waals surface area (Å²) >= 11 is 6.10. The smallest absolute Gasteiger partial charge is 0.310 e. The predicted octanol–water partition coefficient (Wildman–Crippen LogP) is 2.97. The first-order chi connectivity index (χ1) is 12.0. The topological polar surface area (TPSA) is 63.9 Å². The van der Waals surface area contributed by atoms with Crippen molar-refractivity contribution in [2.24, 2.45) is 5.92 Å². The van der Waals surface area contributed by atoms with Crippen LogP contribution >= 0.6 is 11.6 Å². The zero-order valence-electron chi connectivity index (χ0n) is 14.5. The quantitative estimate of drug-likeness (QED) is 0.783. The number of amides is 1. The van der Waals surface area contributed by atoms with E-state index in [4.69, 9.17) is 16.3 Å². The highest BCUT2D eigenvalue weighted by atomic mass is 35.5. The number of carbonyl (C=O) groups is 2. The number of fused-ring (bicyclic) bond motifs is 1. The van der Waals surface area contributed by atoms with Crippen molar-refractivity contribution >= 4 is 29.1 Å². The minimum atomic E-state index is -0.259. The molecule has 0 saturated carbocycles. The van der Waals surface area contributed by atoms with E-state index >= 15 is 0 Å². The van der Waals surface area contributed by atoms with E-state index in [0.717, 1.165) is 18.5 Å². The van der Waals surface area contributed by atoms with Gasteiger partial charge in [-0.25, -0.2) is 4.98 Å². The fourth-order valence-electron chi connectivity index (χ4n) is 3.30. The second-order valence-corrected chi connectivity index (χ2v) is 6.61. The average molecular weight is 364 g/mol. The lowest BCUT2D eigenvalue weighted by atomic mass is 9.98. The van der Waals surface area contributed by atoms with Gasteiger partial charge in [0.15, 0.2) is 0 Å². The summed E-state index contributed by atoms with van der Waals surface area (Å²) in [6.45, 7) is 5.13. The molecule has 0 bridgehead atoms. The molecule has 0 aliphatic carbocycles. The number of halogens is 1. The summed E-state index contributed by atoms with van der Waals surface area (Å²) < 4.78 is 6.87.